The van der Waals surface area contributed by atoms with E-state index in [2.05, 4.69) is 20.8 Å². The van der Waals surface area contributed by atoms with Gasteiger partial charge < -0.3 is 5.11 Å². The fourth-order valence-electron chi connectivity index (χ4n) is 2.77. The van der Waals surface area contributed by atoms with Gasteiger partial charge in [0, 0.05) is 18.9 Å². The van der Waals surface area contributed by atoms with Crippen LogP contribution in [0.15, 0.2) is 0 Å². The Morgan fingerprint density at radius 3 is 2.47 bits per heavy atom. The molecule has 0 aromatic carbocycles. The molecule has 1 unspecified atom stereocenters. The lowest BCUT2D eigenvalue weighted by atomic mass is 9.79. The Hall–Kier alpha value is -0.370. The Morgan fingerprint density at radius 2 is 1.82 bits per heavy atom. The van der Waals surface area contributed by atoms with Crippen LogP contribution in [-0.2, 0) is 4.79 Å². The molecule has 0 saturated heterocycles. The summed E-state index contributed by atoms with van der Waals surface area (Å²) in [6.45, 7) is 6.73. The van der Waals surface area contributed by atoms with Gasteiger partial charge >= 0.3 is 0 Å². The maximum atomic E-state index is 11.9. The van der Waals surface area contributed by atoms with Crippen LogP contribution in [-0.4, -0.2) is 17.5 Å². The molecule has 0 amide bonds. The van der Waals surface area contributed by atoms with Crippen molar-refractivity contribution in [3.05, 3.63) is 0 Å². The first kappa shape index (κ1) is 14.7. The molecule has 0 heterocycles. The average Bonchev–Trinajstić information content (AvgIpc) is 2.33. The Balaban J connectivity index is 2.60. The van der Waals surface area contributed by atoms with E-state index in [1.807, 2.05) is 0 Å². The van der Waals surface area contributed by atoms with Gasteiger partial charge in [-0.05, 0) is 43.4 Å². The van der Waals surface area contributed by atoms with Crippen LogP contribution in [0.25, 0.3) is 0 Å². The highest BCUT2D eigenvalue weighted by atomic mass is 16.3. The van der Waals surface area contributed by atoms with Crippen LogP contribution in [0.4, 0.5) is 0 Å². The van der Waals surface area contributed by atoms with Crippen molar-refractivity contribution in [2.45, 2.75) is 59.3 Å². The van der Waals surface area contributed by atoms with Gasteiger partial charge in [-0.2, -0.15) is 0 Å². The van der Waals surface area contributed by atoms with Gasteiger partial charge in [-0.1, -0.05) is 27.2 Å². The van der Waals surface area contributed by atoms with Gasteiger partial charge in [0.25, 0.3) is 0 Å². The number of hydrogen-bond donors (Lipinski definition) is 1. The molecule has 1 aliphatic carbocycles. The molecule has 17 heavy (non-hydrogen) atoms. The monoisotopic (exact) mass is 240 g/mol. The van der Waals surface area contributed by atoms with Crippen molar-refractivity contribution in [1.82, 2.24) is 0 Å². The molecule has 0 aliphatic heterocycles. The first-order chi connectivity index (χ1) is 8.04. The molecule has 0 aromatic heterocycles. The first-order valence-corrected chi connectivity index (χ1v) is 7.18. The summed E-state index contributed by atoms with van der Waals surface area (Å²) in [5, 5.41) is 9.29. The number of hydrogen-bond acceptors (Lipinski definition) is 2. The molecule has 2 heteroatoms. The summed E-state index contributed by atoms with van der Waals surface area (Å²) in [4.78, 5) is 11.9. The number of Topliss-reactive ketones (excluding diaryl/α,β-unsaturated/α-hetero) is 1. The lowest BCUT2D eigenvalue weighted by molar-refractivity contribution is -0.123. The van der Waals surface area contributed by atoms with Crippen LogP contribution in [0.5, 0.6) is 0 Å². The fourth-order valence-corrected chi connectivity index (χ4v) is 2.77. The molecule has 0 bridgehead atoms. The number of carbonyl (C=O) groups is 1. The molecule has 4 atom stereocenters. The van der Waals surface area contributed by atoms with Gasteiger partial charge in [0.05, 0.1) is 0 Å². The van der Waals surface area contributed by atoms with Crippen LogP contribution >= 0.6 is 0 Å². The van der Waals surface area contributed by atoms with E-state index in [-0.39, 0.29) is 12.5 Å². The van der Waals surface area contributed by atoms with Crippen LogP contribution in [0.3, 0.4) is 0 Å². The number of carbonyl (C=O) groups excluding carboxylic acids is 1. The summed E-state index contributed by atoms with van der Waals surface area (Å²) in [6, 6.07) is 0. The predicted octanol–water partition coefficient (Wildman–Crippen LogP) is 3.43. The molecule has 0 aromatic rings. The summed E-state index contributed by atoms with van der Waals surface area (Å²) in [5.41, 5.74) is 0. The molecule has 0 spiro atoms. The molecule has 1 saturated carbocycles. The molecule has 1 fully saturated rings. The lowest BCUT2D eigenvalue weighted by Crippen LogP contribution is -2.21. The Morgan fingerprint density at radius 1 is 1.18 bits per heavy atom. The number of aliphatic hydroxyl groups excluding tert-OH is 1. The minimum Gasteiger partial charge on any atom is -0.396 e. The van der Waals surface area contributed by atoms with Crippen molar-refractivity contribution in [1.29, 1.82) is 0 Å². The zero-order valence-electron chi connectivity index (χ0n) is 11.6. The summed E-state index contributed by atoms with van der Waals surface area (Å²) >= 11 is 0. The van der Waals surface area contributed by atoms with Gasteiger partial charge in [-0.25, -0.2) is 0 Å². The van der Waals surface area contributed by atoms with E-state index >= 15 is 0 Å². The molecule has 1 rings (SSSR count). The van der Waals surface area contributed by atoms with E-state index in [1.165, 1.54) is 12.8 Å². The van der Waals surface area contributed by atoms with E-state index in [0.717, 1.165) is 25.7 Å². The third-order valence-electron chi connectivity index (χ3n) is 4.53. The Labute approximate surface area is 106 Å². The quantitative estimate of drug-likeness (QED) is 0.803. The molecule has 0 radical (unpaired) electrons. The standard InChI is InChI=1S/C15H28O2/c1-11-4-7-14(13(3)10-16)8-6-12(2)15(17)9-5-11/h11-14,16H,4-10H2,1-3H3/t11-,12-,13?,14+/m1/s1. The minimum atomic E-state index is 0.216. The second kappa shape index (κ2) is 7.15. The maximum absolute atomic E-state index is 11.9. The van der Waals surface area contributed by atoms with Crippen molar-refractivity contribution in [2.75, 3.05) is 6.61 Å². The molecule has 100 valence electrons. The zero-order chi connectivity index (χ0) is 12.8. The van der Waals surface area contributed by atoms with Crippen molar-refractivity contribution in [3.8, 4) is 0 Å². The van der Waals surface area contributed by atoms with Crippen LogP contribution in [0, 0.1) is 23.7 Å². The molecular formula is C15H28O2. The van der Waals surface area contributed by atoms with Crippen molar-refractivity contribution in [2.24, 2.45) is 23.7 Å². The molecular weight excluding hydrogens is 212 g/mol. The maximum Gasteiger partial charge on any atom is 0.135 e. The SMILES string of the molecule is CC(CO)[C@H]1CC[C@@H](C)CCC(=O)[C@H](C)CC1. The van der Waals surface area contributed by atoms with Crippen LogP contribution < -0.4 is 0 Å². The minimum absolute atomic E-state index is 0.216. The van der Waals surface area contributed by atoms with Gasteiger partial charge in [-0.3, -0.25) is 4.79 Å². The Bertz CT molecular complexity index is 237. The second-order valence-electron chi connectivity index (χ2n) is 6.09. The van der Waals surface area contributed by atoms with Crippen molar-refractivity contribution < 1.29 is 9.90 Å². The third-order valence-corrected chi connectivity index (χ3v) is 4.53. The van der Waals surface area contributed by atoms with E-state index in [1.54, 1.807) is 0 Å². The number of aliphatic hydroxyl groups is 1. The highest BCUT2D eigenvalue weighted by Gasteiger charge is 2.22. The highest BCUT2D eigenvalue weighted by molar-refractivity contribution is 5.80. The topological polar surface area (TPSA) is 37.3 Å². The van der Waals surface area contributed by atoms with Crippen molar-refractivity contribution >= 4 is 5.78 Å². The smallest absolute Gasteiger partial charge is 0.135 e. The fraction of sp³-hybridized carbons (Fsp3) is 0.933. The number of rotatable bonds is 2. The highest BCUT2D eigenvalue weighted by Crippen LogP contribution is 2.30. The van der Waals surface area contributed by atoms with Gasteiger partial charge in [0.1, 0.15) is 5.78 Å². The van der Waals surface area contributed by atoms with E-state index in [9.17, 15) is 9.90 Å². The van der Waals surface area contributed by atoms with Crippen molar-refractivity contribution in [3.63, 3.8) is 0 Å². The molecule has 2 nitrogen and oxygen atoms in total. The summed E-state index contributed by atoms with van der Waals surface area (Å²) in [6.07, 6.45) is 6.33. The summed E-state index contributed by atoms with van der Waals surface area (Å²) < 4.78 is 0. The zero-order valence-corrected chi connectivity index (χ0v) is 11.6. The third kappa shape index (κ3) is 4.79. The van der Waals surface area contributed by atoms with Gasteiger partial charge in [0.15, 0.2) is 0 Å². The van der Waals surface area contributed by atoms with Crippen LogP contribution in [0.1, 0.15) is 59.3 Å². The second-order valence-corrected chi connectivity index (χ2v) is 6.09. The lowest BCUT2D eigenvalue weighted by Gasteiger charge is -2.26. The Kier molecular flexibility index (Phi) is 6.18. The van der Waals surface area contributed by atoms with Gasteiger partial charge in [0.2, 0.25) is 0 Å². The molecule has 1 N–H and O–H groups in total. The van der Waals surface area contributed by atoms with E-state index in [4.69, 9.17) is 0 Å². The summed E-state index contributed by atoms with van der Waals surface area (Å²) in [5.74, 6) is 2.28. The molecule has 1 aliphatic rings. The normalized spacial score (nSPS) is 34.4. The largest absolute Gasteiger partial charge is 0.396 e. The predicted molar refractivity (Wildman–Crippen MR) is 70.8 cm³/mol. The van der Waals surface area contributed by atoms with E-state index in [0.29, 0.717) is 23.5 Å². The van der Waals surface area contributed by atoms with Crippen LogP contribution in [0.2, 0.25) is 0 Å². The number of ketones is 1. The summed E-state index contributed by atoms with van der Waals surface area (Å²) in [7, 11) is 0. The van der Waals surface area contributed by atoms with Gasteiger partial charge in [-0.15, -0.1) is 0 Å². The first-order valence-electron chi connectivity index (χ1n) is 7.18. The average molecular weight is 240 g/mol. The van der Waals surface area contributed by atoms with E-state index < -0.39 is 0 Å².